The summed E-state index contributed by atoms with van der Waals surface area (Å²) in [6.45, 7) is 4.31. The van der Waals surface area contributed by atoms with Crippen LogP contribution in [0.4, 0.5) is 0 Å². The first-order valence-electron chi connectivity index (χ1n) is 5.07. The van der Waals surface area contributed by atoms with E-state index in [1.165, 1.54) is 6.42 Å². The number of H-pyrrole nitrogens is 1. The second-order valence-electron chi connectivity index (χ2n) is 3.84. The molecule has 1 atom stereocenters. The van der Waals surface area contributed by atoms with E-state index in [9.17, 15) is 0 Å². The van der Waals surface area contributed by atoms with E-state index in [-0.39, 0.29) is 0 Å². The monoisotopic (exact) mass is 196 g/mol. The highest BCUT2D eigenvalue weighted by Crippen LogP contribution is 2.06. The van der Waals surface area contributed by atoms with Crippen molar-refractivity contribution in [2.45, 2.75) is 19.4 Å². The predicted molar refractivity (Wildman–Crippen MR) is 58.2 cm³/mol. The molecule has 0 fully saturated rings. The van der Waals surface area contributed by atoms with Crippen molar-refractivity contribution in [3.63, 3.8) is 0 Å². The molecule has 0 amide bonds. The summed E-state index contributed by atoms with van der Waals surface area (Å²) in [5.41, 5.74) is 1.15. The Bertz CT molecular complexity index is 230. The van der Waals surface area contributed by atoms with E-state index < -0.39 is 0 Å². The first-order valence-corrected chi connectivity index (χ1v) is 5.07. The Morgan fingerprint density at radius 1 is 1.57 bits per heavy atom. The van der Waals surface area contributed by atoms with Gasteiger partial charge in [0.2, 0.25) is 0 Å². The Kier molecular flexibility index (Phi) is 4.62. The Labute approximate surface area is 85.7 Å². The molecule has 0 aromatic carbocycles. The van der Waals surface area contributed by atoms with Crippen molar-refractivity contribution in [1.82, 2.24) is 20.4 Å². The number of hydrogen-bond donors (Lipinski definition) is 2. The Morgan fingerprint density at radius 2 is 2.36 bits per heavy atom. The third kappa shape index (κ3) is 3.89. The molecule has 0 aliphatic rings. The van der Waals surface area contributed by atoms with Crippen LogP contribution in [0, 0.1) is 0 Å². The largest absolute Gasteiger partial charge is 0.309 e. The standard InChI is InChI=1S/C10H20N4/c1-9(10-5-7-12-13-10)11-6-4-8-14(2)3/h5,7,9,11H,4,6,8H2,1-3H3,(H,12,13). The number of hydrogen-bond acceptors (Lipinski definition) is 3. The minimum Gasteiger partial charge on any atom is -0.309 e. The smallest absolute Gasteiger partial charge is 0.0518 e. The molecule has 0 saturated carbocycles. The van der Waals surface area contributed by atoms with Crippen molar-refractivity contribution in [3.8, 4) is 0 Å². The van der Waals surface area contributed by atoms with E-state index in [2.05, 4.69) is 41.4 Å². The van der Waals surface area contributed by atoms with E-state index in [4.69, 9.17) is 0 Å². The van der Waals surface area contributed by atoms with E-state index >= 15 is 0 Å². The van der Waals surface area contributed by atoms with Gasteiger partial charge in [-0.05, 0) is 46.6 Å². The second-order valence-corrected chi connectivity index (χ2v) is 3.84. The molecule has 1 heterocycles. The van der Waals surface area contributed by atoms with Gasteiger partial charge < -0.3 is 10.2 Å². The third-order valence-corrected chi connectivity index (χ3v) is 2.22. The van der Waals surface area contributed by atoms with Crippen molar-refractivity contribution in [2.75, 3.05) is 27.2 Å². The van der Waals surface area contributed by atoms with Gasteiger partial charge in [0.25, 0.3) is 0 Å². The highest BCUT2D eigenvalue weighted by atomic mass is 15.1. The molecule has 0 bridgehead atoms. The molecule has 1 unspecified atom stereocenters. The lowest BCUT2D eigenvalue weighted by Crippen LogP contribution is -2.24. The van der Waals surface area contributed by atoms with E-state index in [0.29, 0.717) is 6.04 Å². The van der Waals surface area contributed by atoms with Crippen LogP contribution in [-0.2, 0) is 0 Å². The summed E-state index contributed by atoms with van der Waals surface area (Å²) in [6, 6.07) is 2.36. The zero-order valence-corrected chi connectivity index (χ0v) is 9.25. The molecule has 0 radical (unpaired) electrons. The molecule has 0 spiro atoms. The van der Waals surface area contributed by atoms with Gasteiger partial charge in [-0.1, -0.05) is 0 Å². The summed E-state index contributed by atoms with van der Waals surface area (Å²) >= 11 is 0. The summed E-state index contributed by atoms with van der Waals surface area (Å²) in [5, 5.41) is 10.3. The van der Waals surface area contributed by atoms with E-state index in [1.807, 2.05) is 6.07 Å². The maximum atomic E-state index is 3.93. The number of rotatable bonds is 6. The van der Waals surface area contributed by atoms with Gasteiger partial charge in [-0.2, -0.15) is 5.10 Å². The SMILES string of the molecule is CC(NCCCN(C)C)c1ccn[nH]1. The number of aromatic nitrogens is 2. The topological polar surface area (TPSA) is 44.0 Å². The van der Waals surface area contributed by atoms with Crippen molar-refractivity contribution in [3.05, 3.63) is 18.0 Å². The van der Waals surface area contributed by atoms with Gasteiger partial charge in [-0.15, -0.1) is 0 Å². The lowest BCUT2D eigenvalue weighted by atomic mass is 10.2. The van der Waals surface area contributed by atoms with Gasteiger partial charge in [-0.25, -0.2) is 0 Å². The van der Waals surface area contributed by atoms with Gasteiger partial charge in [0.15, 0.2) is 0 Å². The van der Waals surface area contributed by atoms with E-state index in [1.54, 1.807) is 6.20 Å². The first-order chi connectivity index (χ1) is 6.70. The van der Waals surface area contributed by atoms with Crippen molar-refractivity contribution in [2.24, 2.45) is 0 Å². The molecule has 1 aromatic rings. The Morgan fingerprint density at radius 3 is 2.93 bits per heavy atom. The molecule has 2 N–H and O–H groups in total. The lowest BCUT2D eigenvalue weighted by Gasteiger charge is -2.13. The third-order valence-electron chi connectivity index (χ3n) is 2.22. The van der Waals surface area contributed by atoms with Crippen LogP contribution >= 0.6 is 0 Å². The van der Waals surface area contributed by atoms with Gasteiger partial charge in [0.05, 0.1) is 5.69 Å². The summed E-state index contributed by atoms with van der Waals surface area (Å²) < 4.78 is 0. The van der Waals surface area contributed by atoms with Gasteiger partial charge in [0.1, 0.15) is 0 Å². The summed E-state index contributed by atoms with van der Waals surface area (Å²) in [4.78, 5) is 2.20. The van der Waals surface area contributed by atoms with Gasteiger partial charge in [-0.3, -0.25) is 5.10 Å². The zero-order valence-electron chi connectivity index (χ0n) is 9.25. The van der Waals surface area contributed by atoms with Crippen LogP contribution in [0.3, 0.4) is 0 Å². The van der Waals surface area contributed by atoms with Crippen LogP contribution in [0.15, 0.2) is 12.3 Å². The molecule has 1 aromatic heterocycles. The maximum Gasteiger partial charge on any atom is 0.0518 e. The molecule has 14 heavy (non-hydrogen) atoms. The fourth-order valence-corrected chi connectivity index (χ4v) is 1.33. The molecule has 0 saturated heterocycles. The van der Waals surface area contributed by atoms with Crippen LogP contribution in [0.1, 0.15) is 25.1 Å². The summed E-state index contributed by atoms with van der Waals surface area (Å²) in [7, 11) is 4.19. The van der Waals surface area contributed by atoms with Crippen molar-refractivity contribution >= 4 is 0 Å². The van der Waals surface area contributed by atoms with Crippen LogP contribution in [0.5, 0.6) is 0 Å². The molecule has 0 aliphatic heterocycles. The number of nitrogens with one attached hydrogen (secondary N) is 2. The Balaban J connectivity index is 2.13. The average molecular weight is 196 g/mol. The summed E-state index contributed by atoms with van der Waals surface area (Å²) in [5.74, 6) is 0. The minimum atomic E-state index is 0.361. The van der Waals surface area contributed by atoms with Crippen LogP contribution < -0.4 is 5.32 Å². The lowest BCUT2D eigenvalue weighted by molar-refractivity contribution is 0.388. The highest BCUT2D eigenvalue weighted by Gasteiger charge is 2.04. The quantitative estimate of drug-likeness (QED) is 0.667. The molecular weight excluding hydrogens is 176 g/mol. The number of aromatic amines is 1. The molecule has 1 rings (SSSR count). The van der Waals surface area contributed by atoms with Gasteiger partial charge >= 0.3 is 0 Å². The van der Waals surface area contributed by atoms with Crippen LogP contribution in [0.2, 0.25) is 0 Å². The summed E-state index contributed by atoms with van der Waals surface area (Å²) in [6.07, 6.45) is 2.96. The zero-order chi connectivity index (χ0) is 10.4. The predicted octanol–water partition coefficient (Wildman–Crippen LogP) is 1.01. The van der Waals surface area contributed by atoms with Gasteiger partial charge in [0, 0.05) is 12.2 Å². The first kappa shape index (κ1) is 11.2. The molecular formula is C10H20N4. The Hall–Kier alpha value is -0.870. The van der Waals surface area contributed by atoms with Crippen LogP contribution in [0.25, 0.3) is 0 Å². The highest BCUT2D eigenvalue weighted by molar-refractivity contribution is 5.02. The molecule has 80 valence electrons. The molecule has 0 aliphatic carbocycles. The van der Waals surface area contributed by atoms with Crippen molar-refractivity contribution in [1.29, 1.82) is 0 Å². The van der Waals surface area contributed by atoms with Crippen molar-refractivity contribution < 1.29 is 0 Å². The fraction of sp³-hybridized carbons (Fsp3) is 0.700. The average Bonchev–Trinajstić information content (AvgIpc) is 2.64. The maximum absolute atomic E-state index is 3.93. The second kappa shape index (κ2) is 5.78. The normalized spacial score (nSPS) is 13.4. The number of nitrogens with zero attached hydrogens (tertiary/aromatic N) is 2. The fourth-order valence-electron chi connectivity index (χ4n) is 1.33. The molecule has 4 nitrogen and oxygen atoms in total. The van der Waals surface area contributed by atoms with E-state index in [0.717, 1.165) is 18.8 Å². The molecule has 4 heteroatoms. The van der Waals surface area contributed by atoms with Crippen LogP contribution in [-0.4, -0.2) is 42.3 Å². The minimum absolute atomic E-state index is 0.361.